The normalized spacial score (nSPS) is 23.2. The summed E-state index contributed by atoms with van der Waals surface area (Å²) in [6, 6.07) is 0. The smallest absolute Gasteiger partial charge is 0.411 e. The zero-order valence-corrected chi connectivity index (χ0v) is 11.2. The first-order chi connectivity index (χ1) is 8.14. The van der Waals surface area contributed by atoms with Crippen molar-refractivity contribution in [3.05, 3.63) is 0 Å². The van der Waals surface area contributed by atoms with E-state index in [0.717, 1.165) is 6.42 Å². The highest BCUT2D eigenvalue weighted by atomic mass is 16.6. The number of hydrogen-bond acceptors (Lipinski definition) is 3. The number of hydrogen-bond donors (Lipinski definition) is 1. The number of amides is 1. The molecular formula is C13H19NO4. The number of carbonyl (C=O) groups excluding carboxylic acids is 1. The van der Waals surface area contributed by atoms with Crippen molar-refractivity contribution in [2.24, 2.45) is 0 Å². The first-order valence-corrected chi connectivity index (χ1v) is 5.91. The minimum atomic E-state index is -1.19. The Morgan fingerprint density at radius 1 is 1.39 bits per heavy atom. The number of carboxylic acids is 1. The van der Waals surface area contributed by atoms with Crippen LogP contribution in [0.15, 0.2) is 0 Å². The second kappa shape index (κ2) is 4.89. The molecule has 0 spiro atoms. The molecule has 1 aliphatic heterocycles. The number of likely N-dealkylation sites (tertiary alicyclic amines) is 1. The summed E-state index contributed by atoms with van der Waals surface area (Å²) >= 11 is 0. The summed E-state index contributed by atoms with van der Waals surface area (Å²) in [6.07, 6.45) is 1.01. The van der Waals surface area contributed by atoms with E-state index in [0.29, 0.717) is 13.0 Å². The van der Waals surface area contributed by atoms with Gasteiger partial charge >= 0.3 is 12.1 Å². The molecule has 1 atom stereocenters. The van der Waals surface area contributed by atoms with Crippen molar-refractivity contribution in [2.75, 3.05) is 6.54 Å². The van der Waals surface area contributed by atoms with Crippen LogP contribution in [0.2, 0.25) is 0 Å². The lowest BCUT2D eigenvalue weighted by Crippen LogP contribution is -2.46. The van der Waals surface area contributed by atoms with E-state index in [1.165, 1.54) is 4.90 Å². The molecule has 0 saturated carbocycles. The second-order valence-electron chi connectivity index (χ2n) is 5.56. The summed E-state index contributed by atoms with van der Waals surface area (Å²) in [4.78, 5) is 24.0. The van der Waals surface area contributed by atoms with E-state index in [2.05, 4.69) is 11.8 Å². The maximum Gasteiger partial charge on any atom is 0.411 e. The third kappa shape index (κ3) is 3.66. The van der Waals surface area contributed by atoms with E-state index in [1.807, 2.05) is 0 Å². The van der Waals surface area contributed by atoms with Crippen LogP contribution in [-0.2, 0) is 9.53 Å². The molecule has 1 fully saturated rings. The lowest BCUT2D eigenvalue weighted by atomic mass is 10.00. The van der Waals surface area contributed by atoms with E-state index >= 15 is 0 Å². The summed E-state index contributed by atoms with van der Waals surface area (Å²) in [5.41, 5.74) is -1.32. The molecule has 5 heteroatoms. The molecule has 1 aliphatic rings. The van der Waals surface area contributed by atoms with E-state index in [9.17, 15) is 9.59 Å². The molecule has 0 radical (unpaired) electrons. The van der Waals surface area contributed by atoms with Crippen molar-refractivity contribution in [3.63, 3.8) is 0 Å². The van der Waals surface area contributed by atoms with E-state index < -0.39 is 23.2 Å². The molecule has 1 saturated heterocycles. The Kier molecular flexibility index (Phi) is 3.90. The third-order valence-electron chi connectivity index (χ3n) is 2.69. The highest BCUT2D eigenvalue weighted by molar-refractivity contribution is 5.87. The first-order valence-electron chi connectivity index (χ1n) is 5.91. The van der Waals surface area contributed by atoms with E-state index in [1.54, 1.807) is 27.7 Å². The van der Waals surface area contributed by atoms with Gasteiger partial charge in [-0.1, -0.05) is 5.92 Å². The van der Waals surface area contributed by atoms with Crippen LogP contribution < -0.4 is 0 Å². The summed E-state index contributed by atoms with van der Waals surface area (Å²) in [5, 5.41) is 8.59. The van der Waals surface area contributed by atoms with Gasteiger partial charge in [0.05, 0.1) is 0 Å². The molecule has 1 heterocycles. The zero-order chi connectivity index (χ0) is 14.0. The van der Waals surface area contributed by atoms with Gasteiger partial charge in [-0.2, -0.15) is 0 Å². The molecule has 5 nitrogen and oxygen atoms in total. The van der Waals surface area contributed by atoms with Gasteiger partial charge in [-0.3, -0.25) is 4.90 Å². The van der Waals surface area contributed by atoms with Crippen LogP contribution in [0.4, 0.5) is 4.79 Å². The Labute approximate surface area is 107 Å². The van der Waals surface area contributed by atoms with Crippen LogP contribution in [0.5, 0.6) is 0 Å². The molecule has 100 valence electrons. The SMILES string of the molecule is CC(C)(C)OC(=O)N1CCC[C@@]1(C)C#CC(=O)O. The van der Waals surface area contributed by atoms with Crippen molar-refractivity contribution in [3.8, 4) is 11.8 Å². The average molecular weight is 253 g/mol. The number of aliphatic carboxylic acids is 1. The van der Waals surface area contributed by atoms with Crippen molar-refractivity contribution in [1.82, 2.24) is 4.90 Å². The van der Waals surface area contributed by atoms with Crippen LogP contribution in [0.25, 0.3) is 0 Å². The number of carboxylic acid groups (broad SMARTS) is 1. The van der Waals surface area contributed by atoms with Gasteiger partial charge in [0.15, 0.2) is 0 Å². The minimum absolute atomic E-state index is 0.442. The number of nitrogens with zero attached hydrogens (tertiary/aromatic N) is 1. The van der Waals surface area contributed by atoms with E-state index in [-0.39, 0.29) is 0 Å². The minimum Gasteiger partial charge on any atom is -0.472 e. The van der Waals surface area contributed by atoms with Gasteiger partial charge in [-0.15, -0.1) is 0 Å². The Bertz CT molecular complexity index is 413. The lowest BCUT2D eigenvalue weighted by molar-refractivity contribution is -0.130. The highest BCUT2D eigenvalue weighted by Crippen LogP contribution is 2.29. The third-order valence-corrected chi connectivity index (χ3v) is 2.69. The predicted octanol–water partition coefficient (Wildman–Crippen LogP) is 1.86. The molecule has 0 aliphatic carbocycles. The summed E-state index contributed by atoms with van der Waals surface area (Å²) in [6.45, 7) is 7.68. The number of ether oxygens (including phenoxy) is 1. The van der Waals surface area contributed by atoms with Gasteiger partial charge in [0.25, 0.3) is 0 Å². The van der Waals surface area contributed by atoms with Crippen LogP contribution >= 0.6 is 0 Å². The molecule has 1 N–H and O–H groups in total. The van der Waals surface area contributed by atoms with E-state index in [4.69, 9.17) is 9.84 Å². The average Bonchev–Trinajstić information content (AvgIpc) is 2.55. The van der Waals surface area contributed by atoms with Crippen molar-refractivity contribution in [1.29, 1.82) is 0 Å². The fraction of sp³-hybridized carbons (Fsp3) is 0.692. The molecule has 0 aromatic heterocycles. The summed E-state index contributed by atoms with van der Waals surface area (Å²) < 4.78 is 5.30. The zero-order valence-electron chi connectivity index (χ0n) is 11.2. The quantitative estimate of drug-likeness (QED) is 0.669. The van der Waals surface area contributed by atoms with Gasteiger partial charge in [-0.25, -0.2) is 9.59 Å². The van der Waals surface area contributed by atoms with Crippen LogP contribution in [-0.4, -0.2) is 39.8 Å². The maximum atomic E-state index is 12.0. The predicted molar refractivity (Wildman–Crippen MR) is 66.0 cm³/mol. The Balaban J connectivity index is 2.86. The van der Waals surface area contributed by atoms with Gasteiger partial charge in [0.2, 0.25) is 0 Å². The largest absolute Gasteiger partial charge is 0.472 e. The molecule has 0 aromatic rings. The topological polar surface area (TPSA) is 66.8 Å². The Morgan fingerprint density at radius 2 is 2.00 bits per heavy atom. The molecule has 1 rings (SSSR count). The standard InChI is InChI=1S/C13H19NO4/c1-12(2,3)18-11(17)14-9-5-7-13(14,4)8-6-10(15)16/h5,7,9H2,1-4H3,(H,15,16)/t13-/m0/s1. The molecule has 1 amide bonds. The number of carbonyl (C=O) groups is 2. The molecule has 0 unspecified atom stereocenters. The monoisotopic (exact) mass is 253 g/mol. The number of rotatable bonds is 0. The lowest BCUT2D eigenvalue weighted by Gasteiger charge is -2.32. The molecular weight excluding hydrogens is 234 g/mol. The fourth-order valence-corrected chi connectivity index (χ4v) is 1.89. The van der Waals surface area contributed by atoms with Gasteiger partial charge in [0.1, 0.15) is 11.1 Å². The fourth-order valence-electron chi connectivity index (χ4n) is 1.89. The van der Waals surface area contributed by atoms with Crippen LogP contribution in [0.1, 0.15) is 40.5 Å². The Hall–Kier alpha value is -1.70. The van der Waals surface area contributed by atoms with Crippen molar-refractivity contribution < 1.29 is 19.4 Å². The highest BCUT2D eigenvalue weighted by Gasteiger charge is 2.40. The molecule has 18 heavy (non-hydrogen) atoms. The van der Waals surface area contributed by atoms with Gasteiger partial charge in [0, 0.05) is 12.5 Å². The van der Waals surface area contributed by atoms with Gasteiger partial charge in [-0.05, 0) is 40.5 Å². The van der Waals surface area contributed by atoms with Crippen molar-refractivity contribution >= 4 is 12.1 Å². The molecule has 0 aromatic carbocycles. The molecule has 0 bridgehead atoms. The second-order valence-corrected chi connectivity index (χ2v) is 5.56. The summed E-state index contributed by atoms with van der Waals surface area (Å²) in [7, 11) is 0. The summed E-state index contributed by atoms with van der Waals surface area (Å²) in [5.74, 6) is 3.55. The first kappa shape index (κ1) is 14.4. The Morgan fingerprint density at radius 3 is 2.50 bits per heavy atom. The van der Waals surface area contributed by atoms with Gasteiger partial charge < -0.3 is 9.84 Å². The van der Waals surface area contributed by atoms with Crippen molar-refractivity contribution in [2.45, 2.75) is 51.7 Å². The maximum absolute atomic E-state index is 12.0. The van der Waals surface area contributed by atoms with Crippen LogP contribution in [0, 0.1) is 11.8 Å². The van der Waals surface area contributed by atoms with Crippen LogP contribution in [0.3, 0.4) is 0 Å².